The van der Waals surface area contributed by atoms with E-state index in [4.69, 9.17) is 10.6 Å². The van der Waals surface area contributed by atoms with Crippen LogP contribution in [0.5, 0.6) is 5.75 Å². The molecule has 1 aliphatic rings. The highest BCUT2D eigenvalue weighted by Crippen LogP contribution is 2.38. The van der Waals surface area contributed by atoms with Crippen molar-refractivity contribution in [3.8, 4) is 5.75 Å². The molecule has 0 spiro atoms. The van der Waals surface area contributed by atoms with Gasteiger partial charge in [-0.15, -0.1) is 0 Å². The lowest BCUT2D eigenvalue weighted by atomic mass is 9.83. The van der Waals surface area contributed by atoms with Crippen molar-refractivity contribution in [3.05, 3.63) is 28.2 Å². The Kier molecular flexibility index (Phi) is 5.66. The fourth-order valence-electron chi connectivity index (χ4n) is 3.63. The van der Waals surface area contributed by atoms with Crippen LogP contribution in [0.4, 0.5) is 0 Å². The van der Waals surface area contributed by atoms with Crippen molar-refractivity contribution in [1.29, 1.82) is 0 Å². The van der Waals surface area contributed by atoms with Gasteiger partial charge >= 0.3 is 0 Å². The minimum atomic E-state index is 0.127. The first-order chi connectivity index (χ1) is 10.0. The van der Waals surface area contributed by atoms with E-state index in [9.17, 15) is 0 Å². The molecule has 0 saturated heterocycles. The van der Waals surface area contributed by atoms with Crippen molar-refractivity contribution >= 4 is 15.9 Å². The van der Waals surface area contributed by atoms with Gasteiger partial charge in [-0.3, -0.25) is 11.3 Å². The number of ether oxygens (including phenoxy) is 1. The molecule has 0 radical (unpaired) electrons. The Balaban J connectivity index is 2.28. The van der Waals surface area contributed by atoms with Gasteiger partial charge in [-0.25, -0.2) is 0 Å². The van der Waals surface area contributed by atoms with Crippen LogP contribution in [0.2, 0.25) is 0 Å². The number of likely N-dealkylation sites (N-methyl/N-ethyl adjacent to an activating group) is 1. The third-order valence-electron chi connectivity index (χ3n) is 4.88. The molecule has 1 fully saturated rings. The van der Waals surface area contributed by atoms with Crippen LogP contribution in [-0.4, -0.2) is 37.7 Å². The second-order valence-electron chi connectivity index (χ2n) is 6.08. The van der Waals surface area contributed by atoms with Gasteiger partial charge in [-0.2, -0.15) is 0 Å². The maximum absolute atomic E-state index is 5.92. The van der Waals surface area contributed by atoms with E-state index in [0.717, 1.165) is 16.6 Å². The van der Waals surface area contributed by atoms with Crippen molar-refractivity contribution in [1.82, 2.24) is 10.3 Å². The summed E-state index contributed by atoms with van der Waals surface area (Å²) in [5.41, 5.74) is 4.38. The van der Waals surface area contributed by atoms with Gasteiger partial charge in [-0.1, -0.05) is 28.8 Å². The van der Waals surface area contributed by atoms with Crippen LogP contribution in [0.15, 0.2) is 22.7 Å². The fraction of sp³-hybridized carbons (Fsp3) is 0.625. The molecule has 21 heavy (non-hydrogen) atoms. The summed E-state index contributed by atoms with van der Waals surface area (Å²) in [6.07, 6.45) is 5.77. The average molecular weight is 356 g/mol. The Bertz CT molecular complexity index is 473. The van der Waals surface area contributed by atoms with Gasteiger partial charge in [0.05, 0.1) is 7.11 Å². The molecule has 1 aromatic rings. The van der Waals surface area contributed by atoms with Gasteiger partial charge in [0.2, 0.25) is 0 Å². The highest BCUT2D eigenvalue weighted by Gasteiger charge is 2.42. The molecule has 0 amide bonds. The molecule has 1 unspecified atom stereocenters. The number of hydrogen-bond acceptors (Lipinski definition) is 4. The summed E-state index contributed by atoms with van der Waals surface area (Å²) < 4.78 is 6.57. The standard InChI is InChI=1S/C16H26BrN3O/c1-20(2)16(8-4-5-9-16)15(19-18)11-12-10-13(17)6-7-14(12)21-3/h6-7,10,15,19H,4-5,8-9,11,18H2,1-3H3. The zero-order valence-corrected chi connectivity index (χ0v) is 14.7. The lowest BCUT2D eigenvalue weighted by Gasteiger charge is -2.43. The first-order valence-corrected chi connectivity index (χ1v) is 8.29. The Morgan fingerprint density at radius 3 is 2.57 bits per heavy atom. The van der Waals surface area contributed by atoms with Gasteiger partial charge in [0.1, 0.15) is 5.75 Å². The highest BCUT2D eigenvalue weighted by atomic mass is 79.9. The molecule has 0 aromatic heterocycles. The van der Waals surface area contributed by atoms with Gasteiger partial charge in [-0.05, 0) is 57.1 Å². The van der Waals surface area contributed by atoms with Gasteiger partial charge in [0.15, 0.2) is 0 Å². The SMILES string of the molecule is COc1ccc(Br)cc1CC(NN)C1(N(C)C)CCCC1. The molecule has 5 heteroatoms. The van der Waals surface area contributed by atoms with Crippen molar-refractivity contribution in [2.24, 2.45) is 5.84 Å². The van der Waals surface area contributed by atoms with E-state index in [1.165, 1.54) is 31.2 Å². The van der Waals surface area contributed by atoms with Crippen LogP contribution >= 0.6 is 15.9 Å². The fourth-order valence-corrected chi connectivity index (χ4v) is 4.03. The van der Waals surface area contributed by atoms with Crippen molar-refractivity contribution in [2.75, 3.05) is 21.2 Å². The lowest BCUT2D eigenvalue weighted by molar-refractivity contribution is 0.104. The Morgan fingerprint density at radius 1 is 1.38 bits per heavy atom. The number of methoxy groups -OCH3 is 1. The van der Waals surface area contributed by atoms with Crippen LogP contribution in [-0.2, 0) is 6.42 Å². The second kappa shape index (κ2) is 7.09. The topological polar surface area (TPSA) is 50.5 Å². The maximum atomic E-state index is 5.92. The molecule has 118 valence electrons. The maximum Gasteiger partial charge on any atom is 0.122 e. The predicted molar refractivity (Wildman–Crippen MR) is 90.4 cm³/mol. The van der Waals surface area contributed by atoms with Crippen LogP contribution in [0.3, 0.4) is 0 Å². The van der Waals surface area contributed by atoms with Crippen molar-refractivity contribution in [3.63, 3.8) is 0 Å². The highest BCUT2D eigenvalue weighted by molar-refractivity contribution is 9.10. The number of hydrogen-bond donors (Lipinski definition) is 2. The van der Waals surface area contributed by atoms with E-state index >= 15 is 0 Å². The summed E-state index contributed by atoms with van der Waals surface area (Å²) in [5, 5.41) is 0. The van der Waals surface area contributed by atoms with Crippen molar-refractivity contribution in [2.45, 2.75) is 43.7 Å². The molecule has 2 rings (SSSR count). The third kappa shape index (κ3) is 3.42. The molecule has 1 saturated carbocycles. The minimum absolute atomic E-state index is 0.127. The molecule has 1 aromatic carbocycles. The number of nitrogens with two attached hydrogens (primary N) is 1. The molecule has 3 N–H and O–H groups in total. The summed E-state index contributed by atoms with van der Waals surface area (Å²) in [4.78, 5) is 2.34. The summed E-state index contributed by atoms with van der Waals surface area (Å²) in [5.74, 6) is 6.85. The molecule has 0 aliphatic heterocycles. The molecule has 0 bridgehead atoms. The quantitative estimate of drug-likeness (QED) is 0.608. The normalized spacial score (nSPS) is 19.0. The second-order valence-corrected chi connectivity index (χ2v) is 7.00. The van der Waals surface area contributed by atoms with E-state index in [2.05, 4.69) is 46.4 Å². The summed E-state index contributed by atoms with van der Waals surface area (Å²) in [6, 6.07) is 6.34. The summed E-state index contributed by atoms with van der Waals surface area (Å²) in [7, 11) is 6.04. The van der Waals surface area contributed by atoms with E-state index in [1.807, 2.05) is 12.1 Å². The largest absolute Gasteiger partial charge is 0.496 e. The Labute approximate surface area is 136 Å². The van der Waals surface area contributed by atoms with Gasteiger partial charge in [0, 0.05) is 16.1 Å². The number of nitrogens with zero attached hydrogens (tertiary/aromatic N) is 1. The number of nitrogens with one attached hydrogen (secondary N) is 1. The van der Waals surface area contributed by atoms with Crippen molar-refractivity contribution < 1.29 is 4.74 Å². The predicted octanol–water partition coefficient (Wildman–Crippen LogP) is 2.71. The molecule has 4 nitrogen and oxygen atoms in total. The molecule has 1 aliphatic carbocycles. The number of hydrazine groups is 1. The number of benzene rings is 1. The minimum Gasteiger partial charge on any atom is -0.496 e. The molecule has 0 heterocycles. The van der Waals surface area contributed by atoms with Crippen LogP contribution in [0, 0.1) is 0 Å². The smallest absolute Gasteiger partial charge is 0.122 e. The zero-order valence-electron chi connectivity index (χ0n) is 13.2. The number of halogens is 1. The lowest BCUT2D eigenvalue weighted by Crippen LogP contribution is -2.60. The third-order valence-corrected chi connectivity index (χ3v) is 5.37. The first-order valence-electron chi connectivity index (χ1n) is 7.49. The Hall–Kier alpha value is -0.620. The summed E-state index contributed by atoms with van der Waals surface area (Å²) in [6.45, 7) is 0. The van der Waals surface area contributed by atoms with Crippen LogP contribution in [0.1, 0.15) is 31.2 Å². The van der Waals surface area contributed by atoms with E-state index in [-0.39, 0.29) is 11.6 Å². The van der Waals surface area contributed by atoms with E-state index < -0.39 is 0 Å². The molecular weight excluding hydrogens is 330 g/mol. The van der Waals surface area contributed by atoms with E-state index in [0.29, 0.717) is 0 Å². The average Bonchev–Trinajstić information content (AvgIpc) is 2.95. The van der Waals surface area contributed by atoms with Crippen LogP contribution < -0.4 is 16.0 Å². The number of rotatable bonds is 6. The van der Waals surface area contributed by atoms with Crippen LogP contribution in [0.25, 0.3) is 0 Å². The zero-order chi connectivity index (χ0) is 15.5. The monoisotopic (exact) mass is 355 g/mol. The molecule has 1 atom stereocenters. The summed E-state index contributed by atoms with van der Waals surface area (Å²) >= 11 is 3.55. The van der Waals surface area contributed by atoms with Gasteiger partial charge in [0.25, 0.3) is 0 Å². The molecular formula is C16H26BrN3O. The van der Waals surface area contributed by atoms with Gasteiger partial charge < -0.3 is 9.64 Å². The first kappa shape index (κ1) is 16.7. The Morgan fingerprint density at radius 2 is 2.05 bits per heavy atom. The van der Waals surface area contributed by atoms with E-state index in [1.54, 1.807) is 7.11 Å².